The molecule has 0 atom stereocenters. The Labute approximate surface area is 175 Å². The normalized spacial score (nSPS) is 10.6. The van der Waals surface area contributed by atoms with Gasteiger partial charge in [-0.25, -0.2) is 5.43 Å². The van der Waals surface area contributed by atoms with Gasteiger partial charge >= 0.3 is 0 Å². The Morgan fingerprint density at radius 2 is 1.73 bits per heavy atom. The van der Waals surface area contributed by atoms with Crippen LogP contribution < -0.4 is 15.5 Å². The molecule has 2 amide bonds. The fraction of sp³-hybridized carbons (Fsp3) is 0.125. The van der Waals surface area contributed by atoms with Gasteiger partial charge < -0.3 is 10.1 Å². The average molecular weight is 401 g/mol. The zero-order valence-corrected chi connectivity index (χ0v) is 16.9. The second-order valence-corrected chi connectivity index (χ2v) is 6.79. The third-order valence-corrected chi connectivity index (χ3v) is 4.33. The molecule has 3 rings (SSSR count). The Bertz CT molecular complexity index is 1060. The molecule has 3 aromatic rings. The molecule has 6 nitrogen and oxygen atoms in total. The molecule has 152 valence electrons. The van der Waals surface area contributed by atoms with Crippen LogP contribution in [0.15, 0.2) is 77.9 Å². The summed E-state index contributed by atoms with van der Waals surface area (Å²) in [6, 6.07) is 21.9. The summed E-state index contributed by atoms with van der Waals surface area (Å²) < 4.78 is 5.52. The van der Waals surface area contributed by atoms with E-state index in [-0.39, 0.29) is 18.4 Å². The topological polar surface area (TPSA) is 79.8 Å². The number of aryl methyl sites for hydroxylation is 2. The number of hydrazone groups is 1. The maximum absolute atomic E-state index is 12.1. The van der Waals surface area contributed by atoms with E-state index in [0.717, 1.165) is 22.4 Å². The summed E-state index contributed by atoms with van der Waals surface area (Å²) in [7, 11) is 0. The predicted molar refractivity (Wildman–Crippen MR) is 118 cm³/mol. The highest BCUT2D eigenvalue weighted by molar-refractivity contribution is 5.95. The molecule has 3 aromatic carbocycles. The molecule has 0 aliphatic rings. The van der Waals surface area contributed by atoms with E-state index < -0.39 is 0 Å². The quantitative estimate of drug-likeness (QED) is 0.462. The Kier molecular flexibility index (Phi) is 6.95. The molecule has 6 heteroatoms. The molecular weight excluding hydrogens is 378 g/mol. The number of amides is 2. The standard InChI is InChI=1S/C24H23N3O3/c1-17-6-5-8-20(14-17)24(29)27-25-15-19-10-12-21(13-11-19)30-16-23(28)26-22-9-4-3-7-18(22)2/h3-15H,16H2,1-2H3,(H,26,28)(H,27,29)/b25-15+. The molecule has 0 aromatic heterocycles. The van der Waals surface area contributed by atoms with Gasteiger partial charge in [-0.3, -0.25) is 9.59 Å². The third-order valence-electron chi connectivity index (χ3n) is 4.33. The fourth-order valence-electron chi connectivity index (χ4n) is 2.71. The number of nitrogens with zero attached hydrogens (tertiary/aromatic N) is 1. The third kappa shape index (κ3) is 6.04. The molecule has 2 N–H and O–H groups in total. The van der Waals surface area contributed by atoms with Gasteiger partial charge in [-0.05, 0) is 67.4 Å². The van der Waals surface area contributed by atoms with Gasteiger partial charge in [0.05, 0.1) is 6.21 Å². The molecule has 0 radical (unpaired) electrons. The molecule has 0 bridgehead atoms. The summed E-state index contributed by atoms with van der Waals surface area (Å²) in [6.45, 7) is 3.77. The van der Waals surface area contributed by atoms with Gasteiger partial charge in [0.1, 0.15) is 5.75 Å². The van der Waals surface area contributed by atoms with Gasteiger partial charge in [-0.2, -0.15) is 5.10 Å². The van der Waals surface area contributed by atoms with Crippen LogP contribution in [0, 0.1) is 13.8 Å². The van der Waals surface area contributed by atoms with Crippen LogP contribution in [0.3, 0.4) is 0 Å². The van der Waals surface area contributed by atoms with Gasteiger partial charge in [0.2, 0.25) is 0 Å². The van der Waals surface area contributed by atoms with Crippen molar-refractivity contribution >= 4 is 23.7 Å². The van der Waals surface area contributed by atoms with Gasteiger partial charge in [0.25, 0.3) is 11.8 Å². The number of anilines is 1. The number of rotatable bonds is 7. The zero-order chi connectivity index (χ0) is 21.3. The van der Waals surface area contributed by atoms with Crippen LogP contribution in [0.1, 0.15) is 27.0 Å². The molecule has 30 heavy (non-hydrogen) atoms. The number of para-hydroxylation sites is 1. The Hall–Kier alpha value is -3.93. The minimum absolute atomic E-state index is 0.0890. The minimum atomic E-state index is -0.269. The van der Waals surface area contributed by atoms with Crippen LogP contribution in [0.25, 0.3) is 0 Å². The van der Waals surface area contributed by atoms with Crippen molar-refractivity contribution in [1.82, 2.24) is 5.43 Å². The van der Waals surface area contributed by atoms with Crippen LogP contribution >= 0.6 is 0 Å². The van der Waals surface area contributed by atoms with Crippen molar-refractivity contribution in [2.24, 2.45) is 5.10 Å². The minimum Gasteiger partial charge on any atom is -0.484 e. The van der Waals surface area contributed by atoms with Crippen LogP contribution in [0.5, 0.6) is 5.75 Å². The van der Waals surface area contributed by atoms with Crippen molar-refractivity contribution in [1.29, 1.82) is 0 Å². The maximum atomic E-state index is 12.1. The summed E-state index contributed by atoms with van der Waals surface area (Å²) in [5, 5.41) is 6.80. The second-order valence-electron chi connectivity index (χ2n) is 6.79. The van der Waals surface area contributed by atoms with E-state index in [4.69, 9.17) is 4.74 Å². The largest absolute Gasteiger partial charge is 0.484 e. The van der Waals surface area contributed by atoms with Crippen molar-refractivity contribution in [2.75, 3.05) is 11.9 Å². The summed E-state index contributed by atoms with van der Waals surface area (Å²) in [5.41, 5.74) is 6.61. The van der Waals surface area contributed by atoms with E-state index in [2.05, 4.69) is 15.8 Å². The van der Waals surface area contributed by atoms with E-state index in [9.17, 15) is 9.59 Å². The van der Waals surface area contributed by atoms with Gasteiger partial charge in [-0.15, -0.1) is 0 Å². The van der Waals surface area contributed by atoms with Crippen LogP contribution in [-0.2, 0) is 4.79 Å². The van der Waals surface area contributed by atoms with Crippen molar-refractivity contribution in [3.8, 4) is 5.75 Å². The number of nitrogens with one attached hydrogen (secondary N) is 2. The number of hydrogen-bond acceptors (Lipinski definition) is 4. The van der Waals surface area contributed by atoms with Crippen LogP contribution in [0.2, 0.25) is 0 Å². The van der Waals surface area contributed by atoms with Crippen molar-refractivity contribution < 1.29 is 14.3 Å². The van der Waals surface area contributed by atoms with E-state index in [1.165, 1.54) is 0 Å². The number of carbonyl (C=O) groups is 2. The van der Waals surface area contributed by atoms with E-state index in [0.29, 0.717) is 11.3 Å². The first-order valence-corrected chi connectivity index (χ1v) is 9.50. The Balaban J connectivity index is 1.47. The maximum Gasteiger partial charge on any atom is 0.271 e. The SMILES string of the molecule is Cc1cccc(C(=O)N/N=C/c2ccc(OCC(=O)Nc3ccccc3C)cc2)c1. The van der Waals surface area contributed by atoms with Gasteiger partial charge in [-0.1, -0.05) is 35.9 Å². The lowest BCUT2D eigenvalue weighted by molar-refractivity contribution is -0.118. The highest BCUT2D eigenvalue weighted by atomic mass is 16.5. The van der Waals surface area contributed by atoms with Crippen molar-refractivity contribution in [2.45, 2.75) is 13.8 Å². The molecule has 0 saturated heterocycles. The Morgan fingerprint density at radius 3 is 2.47 bits per heavy atom. The summed E-state index contributed by atoms with van der Waals surface area (Å²) >= 11 is 0. The summed E-state index contributed by atoms with van der Waals surface area (Å²) in [4.78, 5) is 24.1. The summed E-state index contributed by atoms with van der Waals surface area (Å²) in [5.74, 6) is 0.0687. The first kappa shape index (κ1) is 20.8. The van der Waals surface area contributed by atoms with Crippen LogP contribution in [0.4, 0.5) is 5.69 Å². The molecule has 0 fully saturated rings. The molecular formula is C24H23N3O3. The fourth-order valence-corrected chi connectivity index (χ4v) is 2.71. The first-order chi connectivity index (χ1) is 14.5. The molecule has 0 unspecified atom stereocenters. The Morgan fingerprint density at radius 1 is 0.967 bits per heavy atom. The number of hydrogen-bond donors (Lipinski definition) is 2. The lowest BCUT2D eigenvalue weighted by atomic mass is 10.1. The van der Waals surface area contributed by atoms with Crippen LogP contribution in [-0.4, -0.2) is 24.6 Å². The van der Waals surface area contributed by atoms with E-state index in [1.807, 2.05) is 50.2 Å². The highest BCUT2D eigenvalue weighted by Crippen LogP contribution is 2.14. The lowest BCUT2D eigenvalue weighted by Gasteiger charge is -2.09. The second kappa shape index (κ2) is 10.0. The molecule has 0 heterocycles. The average Bonchev–Trinajstić information content (AvgIpc) is 2.75. The number of ether oxygens (including phenoxy) is 1. The molecule has 0 aliphatic heterocycles. The van der Waals surface area contributed by atoms with E-state index in [1.54, 1.807) is 42.6 Å². The van der Waals surface area contributed by atoms with Gasteiger partial charge in [0.15, 0.2) is 6.61 Å². The molecule has 0 spiro atoms. The molecule has 0 aliphatic carbocycles. The highest BCUT2D eigenvalue weighted by Gasteiger charge is 2.06. The first-order valence-electron chi connectivity index (χ1n) is 9.50. The van der Waals surface area contributed by atoms with Crippen molar-refractivity contribution in [3.05, 3.63) is 95.1 Å². The lowest BCUT2D eigenvalue weighted by Crippen LogP contribution is -2.20. The summed E-state index contributed by atoms with van der Waals surface area (Å²) in [6.07, 6.45) is 1.54. The number of benzene rings is 3. The monoisotopic (exact) mass is 401 g/mol. The van der Waals surface area contributed by atoms with Crippen molar-refractivity contribution in [3.63, 3.8) is 0 Å². The zero-order valence-electron chi connectivity index (χ0n) is 16.9. The predicted octanol–water partition coefficient (Wildman–Crippen LogP) is 4.08. The van der Waals surface area contributed by atoms with Gasteiger partial charge in [0, 0.05) is 11.3 Å². The molecule has 0 saturated carbocycles. The van der Waals surface area contributed by atoms with E-state index >= 15 is 0 Å². The number of carbonyl (C=O) groups excluding carboxylic acids is 2. The smallest absolute Gasteiger partial charge is 0.271 e.